The summed E-state index contributed by atoms with van der Waals surface area (Å²) >= 11 is 1.03. The highest BCUT2D eigenvalue weighted by molar-refractivity contribution is 7.92. The van der Waals surface area contributed by atoms with Crippen LogP contribution in [0.25, 0.3) is 10.2 Å². The first-order valence-corrected chi connectivity index (χ1v) is 10.3. The van der Waals surface area contributed by atoms with Crippen molar-refractivity contribution in [2.45, 2.75) is 31.7 Å². The van der Waals surface area contributed by atoms with Gasteiger partial charge in [0.25, 0.3) is 15.7 Å². The molecule has 3 aromatic rings. The van der Waals surface area contributed by atoms with E-state index >= 15 is 0 Å². The molecule has 1 heterocycles. The summed E-state index contributed by atoms with van der Waals surface area (Å²) in [5.41, 5.74) is 1.12. The molecule has 0 unspecified atom stereocenters. The van der Waals surface area contributed by atoms with E-state index in [1.54, 1.807) is 22.8 Å². The number of aryl methyl sites for hydroxylation is 1. The van der Waals surface area contributed by atoms with E-state index in [0.29, 0.717) is 10.3 Å². The van der Waals surface area contributed by atoms with Crippen LogP contribution in [0.5, 0.6) is 0 Å². The van der Waals surface area contributed by atoms with Gasteiger partial charge < -0.3 is 0 Å². The molecular weight excluding hydrogens is 390 g/mol. The molecule has 10 heteroatoms. The smallest absolute Gasteiger partial charge is 0.296 e. The van der Waals surface area contributed by atoms with Gasteiger partial charge in [-0.05, 0) is 45.0 Å². The Kier molecular flexibility index (Phi) is 4.79. The summed E-state index contributed by atoms with van der Waals surface area (Å²) in [5.74, 6) is 0. The van der Waals surface area contributed by atoms with Crippen LogP contribution in [-0.2, 0) is 10.0 Å². The lowest BCUT2D eigenvalue weighted by Gasteiger charge is -2.10. The van der Waals surface area contributed by atoms with Crippen molar-refractivity contribution < 1.29 is 13.3 Å². The lowest BCUT2D eigenvalue weighted by Crippen LogP contribution is -2.15. The number of nitrogens with zero attached hydrogens (tertiary/aromatic N) is 2. The molecule has 1 aromatic heterocycles. The second-order valence-electron chi connectivity index (χ2n) is 6.33. The number of aromatic nitrogens is 1. The topological polar surface area (TPSA) is 111 Å². The monoisotopic (exact) mass is 407 g/mol. The zero-order valence-electron chi connectivity index (χ0n) is 14.8. The Bertz CT molecular complexity index is 1210. The van der Waals surface area contributed by atoms with Gasteiger partial charge in [0.15, 0.2) is 0 Å². The van der Waals surface area contributed by atoms with Crippen LogP contribution in [0.2, 0.25) is 0 Å². The van der Waals surface area contributed by atoms with Crippen LogP contribution in [-0.4, -0.2) is 17.9 Å². The number of fused-ring (bicyclic) bond motifs is 1. The minimum Gasteiger partial charge on any atom is -0.296 e. The number of benzene rings is 2. The first-order chi connectivity index (χ1) is 12.6. The third kappa shape index (κ3) is 3.58. The van der Waals surface area contributed by atoms with Crippen LogP contribution in [0.4, 0.5) is 11.4 Å². The number of nitro benzene ring substituents is 1. The highest BCUT2D eigenvalue weighted by Gasteiger charge is 2.20. The fraction of sp³-hybridized carbons (Fsp3) is 0.235. The third-order valence-electron chi connectivity index (χ3n) is 4.07. The van der Waals surface area contributed by atoms with Gasteiger partial charge in [-0.15, -0.1) is 0 Å². The number of thiazole rings is 1. The molecule has 27 heavy (non-hydrogen) atoms. The fourth-order valence-corrected chi connectivity index (χ4v) is 4.88. The molecule has 0 saturated heterocycles. The van der Waals surface area contributed by atoms with Gasteiger partial charge >= 0.3 is 4.87 Å². The summed E-state index contributed by atoms with van der Waals surface area (Å²) in [6.45, 7) is 5.33. The van der Waals surface area contributed by atoms with Gasteiger partial charge in [0, 0.05) is 17.7 Å². The van der Waals surface area contributed by atoms with Gasteiger partial charge in [-0.25, -0.2) is 8.42 Å². The Balaban J connectivity index is 2.00. The molecule has 3 rings (SSSR count). The summed E-state index contributed by atoms with van der Waals surface area (Å²) in [6, 6.07) is 8.56. The van der Waals surface area contributed by atoms with Crippen LogP contribution in [0.1, 0.15) is 25.5 Å². The highest BCUT2D eigenvalue weighted by atomic mass is 32.2. The summed E-state index contributed by atoms with van der Waals surface area (Å²) in [4.78, 5) is 22.2. The summed E-state index contributed by atoms with van der Waals surface area (Å²) < 4.78 is 29.9. The van der Waals surface area contributed by atoms with E-state index in [9.17, 15) is 23.3 Å². The predicted molar refractivity (Wildman–Crippen MR) is 105 cm³/mol. The minimum atomic E-state index is -4.01. The molecule has 1 N–H and O–H groups in total. The van der Waals surface area contributed by atoms with Crippen molar-refractivity contribution in [3.63, 3.8) is 0 Å². The first kappa shape index (κ1) is 19.1. The number of hydrogen-bond acceptors (Lipinski definition) is 6. The van der Waals surface area contributed by atoms with Crippen molar-refractivity contribution in [1.29, 1.82) is 0 Å². The average Bonchev–Trinajstić information content (AvgIpc) is 2.89. The van der Waals surface area contributed by atoms with Crippen molar-refractivity contribution in [2.75, 3.05) is 4.72 Å². The number of nitro groups is 1. The van der Waals surface area contributed by atoms with Crippen LogP contribution in [0.15, 0.2) is 46.1 Å². The molecule has 2 aromatic carbocycles. The number of anilines is 1. The lowest BCUT2D eigenvalue weighted by molar-refractivity contribution is -0.385. The zero-order valence-corrected chi connectivity index (χ0v) is 16.4. The Morgan fingerprint density at radius 3 is 2.52 bits per heavy atom. The standard InChI is InChI=1S/C17H17N3O5S2/c1-10(2)19-14-7-5-12(8-16(14)26-17(19)21)18-27(24,25)13-6-4-11(3)15(9-13)20(22)23/h4-10,18H,1-3H3. The van der Waals surface area contributed by atoms with Crippen molar-refractivity contribution in [1.82, 2.24) is 4.57 Å². The maximum Gasteiger partial charge on any atom is 0.308 e. The number of nitrogens with one attached hydrogen (secondary N) is 1. The van der Waals surface area contributed by atoms with E-state index < -0.39 is 14.9 Å². The molecule has 0 atom stereocenters. The Hall–Kier alpha value is -2.72. The predicted octanol–water partition coefficient (Wildman–Crippen LogP) is 3.66. The van der Waals surface area contributed by atoms with Crippen molar-refractivity contribution >= 4 is 43.0 Å². The molecule has 0 spiro atoms. The van der Waals surface area contributed by atoms with Gasteiger partial charge in [-0.3, -0.25) is 24.2 Å². The van der Waals surface area contributed by atoms with E-state index in [2.05, 4.69) is 4.72 Å². The second-order valence-corrected chi connectivity index (χ2v) is 9.00. The maximum absolute atomic E-state index is 12.6. The normalized spacial score (nSPS) is 11.9. The van der Waals surface area contributed by atoms with Gasteiger partial charge in [0.2, 0.25) is 0 Å². The largest absolute Gasteiger partial charge is 0.308 e. The minimum absolute atomic E-state index is 0.0121. The molecule has 8 nitrogen and oxygen atoms in total. The molecule has 0 aliphatic carbocycles. The molecule has 0 aliphatic heterocycles. The van der Waals surface area contributed by atoms with Crippen molar-refractivity contribution in [3.05, 3.63) is 61.7 Å². The summed E-state index contributed by atoms with van der Waals surface area (Å²) in [5, 5.41) is 11.1. The third-order valence-corrected chi connectivity index (χ3v) is 6.37. The van der Waals surface area contributed by atoms with Crippen molar-refractivity contribution in [3.8, 4) is 0 Å². The van der Waals surface area contributed by atoms with Crippen LogP contribution in [0, 0.1) is 17.0 Å². The van der Waals surface area contributed by atoms with Crippen LogP contribution >= 0.6 is 11.3 Å². The van der Waals surface area contributed by atoms with Crippen molar-refractivity contribution in [2.24, 2.45) is 0 Å². The quantitative estimate of drug-likeness (QED) is 0.512. The number of hydrogen-bond donors (Lipinski definition) is 1. The van der Waals surface area contributed by atoms with Crippen LogP contribution in [0.3, 0.4) is 0 Å². The molecule has 142 valence electrons. The molecule has 0 aliphatic rings. The molecular formula is C17H17N3O5S2. The Labute approximate surface area is 159 Å². The summed E-state index contributed by atoms with van der Waals surface area (Å²) in [7, 11) is -4.01. The SMILES string of the molecule is Cc1ccc(S(=O)(=O)Nc2ccc3c(c2)sc(=O)n3C(C)C)cc1[N+](=O)[O-]. The zero-order chi connectivity index (χ0) is 19.9. The van der Waals surface area contributed by atoms with E-state index in [0.717, 1.165) is 22.9 Å². The Morgan fingerprint density at radius 1 is 1.19 bits per heavy atom. The van der Waals surface area contributed by atoms with E-state index in [1.165, 1.54) is 19.1 Å². The van der Waals surface area contributed by atoms with Crippen LogP contribution < -0.4 is 9.60 Å². The fourth-order valence-electron chi connectivity index (χ4n) is 2.76. The van der Waals surface area contributed by atoms with Gasteiger partial charge in [0.05, 0.1) is 25.7 Å². The second kappa shape index (κ2) is 6.78. The van der Waals surface area contributed by atoms with E-state index in [1.807, 2.05) is 13.8 Å². The molecule has 0 bridgehead atoms. The average molecular weight is 407 g/mol. The molecule has 0 saturated carbocycles. The number of rotatable bonds is 5. The molecule has 0 amide bonds. The van der Waals surface area contributed by atoms with Gasteiger partial charge in [-0.1, -0.05) is 17.4 Å². The molecule has 0 fully saturated rings. The Morgan fingerprint density at radius 2 is 1.89 bits per heavy atom. The highest BCUT2D eigenvalue weighted by Crippen LogP contribution is 2.27. The first-order valence-electron chi connectivity index (χ1n) is 8.03. The van der Waals surface area contributed by atoms with E-state index in [4.69, 9.17) is 0 Å². The summed E-state index contributed by atoms with van der Waals surface area (Å²) in [6.07, 6.45) is 0. The molecule has 0 radical (unpaired) electrons. The van der Waals surface area contributed by atoms with Gasteiger partial charge in [-0.2, -0.15) is 0 Å². The van der Waals surface area contributed by atoms with E-state index in [-0.39, 0.29) is 27.2 Å². The number of sulfonamides is 1. The lowest BCUT2D eigenvalue weighted by atomic mass is 10.2. The maximum atomic E-state index is 12.6. The van der Waals surface area contributed by atoms with Gasteiger partial charge in [0.1, 0.15) is 0 Å².